The van der Waals surface area contributed by atoms with Gasteiger partial charge in [-0.15, -0.1) is 0 Å². The molecule has 0 aromatic carbocycles. The van der Waals surface area contributed by atoms with E-state index in [9.17, 15) is 4.79 Å². The zero-order valence-corrected chi connectivity index (χ0v) is 5.02. The van der Waals surface area contributed by atoms with Crippen LogP contribution in [0.1, 0.15) is 6.92 Å². The first kappa shape index (κ1) is 10.2. The van der Waals surface area contributed by atoms with E-state index < -0.39 is 0 Å². The summed E-state index contributed by atoms with van der Waals surface area (Å²) in [5.41, 5.74) is 0.433. The van der Waals surface area contributed by atoms with Gasteiger partial charge in [0, 0.05) is 13.0 Å². The van der Waals surface area contributed by atoms with E-state index in [1.54, 1.807) is 6.92 Å². The van der Waals surface area contributed by atoms with Crippen molar-refractivity contribution < 1.29 is 9.53 Å². The Kier molecular flexibility index (Phi) is 5.60. The Balaban J connectivity index is 0. The first-order valence-corrected chi connectivity index (χ1v) is 1.92. The van der Waals surface area contributed by atoms with Crippen LogP contribution < -0.4 is 0 Å². The van der Waals surface area contributed by atoms with Gasteiger partial charge in [0.05, 0.1) is 7.11 Å². The fourth-order valence-electron chi connectivity index (χ4n) is 0.174. The minimum absolute atomic E-state index is 0. The van der Waals surface area contributed by atoms with Gasteiger partial charge in [-0.1, -0.05) is 6.58 Å². The molecular formula is C6H8O2. The topological polar surface area (TPSA) is 26.3 Å². The molecule has 2 nitrogen and oxygen atoms in total. The van der Waals surface area contributed by atoms with Crippen LogP contribution in [0.3, 0.4) is 0 Å². The van der Waals surface area contributed by atoms with Crippen molar-refractivity contribution in [2.45, 2.75) is 6.92 Å². The Labute approximate surface area is 50.2 Å². The van der Waals surface area contributed by atoms with Gasteiger partial charge >= 0.3 is 5.97 Å². The summed E-state index contributed by atoms with van der Waals surface area (Å²) in [5, 5.41) is 0. The molecule has 0 atom stereocenters. The number of rotatable bonds is 1. The molecule has 0 heterocycles. The lowest BCUT2D eigenvalue weighted by Crippen LogP contribution is -1.98. The minimum atomic E-state index is -0.347. The highest BCUT2D eigenvalue weighted by Gasteiger charge is 1.95. The van der Waals surface area contributed by atoms with Crippen LogP contribution in [0.2, 0.25) is 0 Å². The predicted octanol–water partition coefficient (Wildman–Crippen LogP) is 0.817. The van der Waals surface area contributed by atoms with E-state index in [0.717, 1.165) is 0 Å². The number of hydrogen-bond donors (Lipinski definition) is 0. The van der Waals surface area contributed by atoms with Gasteiger partial charge in [-0.2, -0.15) is 0 Å². The second-order valence-corrected chi connectivity index (χ2v) is 1.27. The highest BCUT2D eigenvalue weighted by molar-refractivity contribution is 5.86. The van der Waals surface area contributed by atoms with E-state index in [4.69, 9.17) is 0 Å². The van der Waals surface area contributed by atoms with E-state index in [1.165, 1.54) is 7.11 Å². The minimum Gasteiger partial charge on any atom is -0.466 e. The Bertz CT molecular complexity index is 94.7. The zero-order valence-electron chi connectivity index (χ0n) is 5.02. The molecule has 0 N–H and O–H groups in total. The molecule has 8 heavy (non-hydrogen) atoms. The fourth-order valence-corrected chi connectivity index (χ4v) is 0.174. The SMILES string of the molecule is C=C(C)C(=O)OC.[C]. The van der Waals surface area contributed by atoms with Crippen LogP contribution in [-0.4, -0.2) is 13.1 Å². The monoisotopic (exact) mass is 112 g/mol. The number of esters is 1. The summed E-state index contributed by atoms with van der Waals surface area (Å²) in [6, 6.07) is 0. The van der Waals surface area contributed by atoms with Crippen molar-refractivity contribution >= 4 is 5.97 Å². The Hall–Kier alpha value is -0.790. The van der Waals surface area contributed by atoms with Gasteiger partial charge in [-0.3, -0.25) is 0 Å². The summed E-state index contributed by atoms with van der Waals surface area (Å²) in [5.74, 6) is -0.347. The standard InChI is InChI=1S/C5H8O2.C/c1-4(2)5(6)7-3;/h1H2,2-3H3;. The number of carbonyl (C=O) groups excluding carboxylic acids is 1. The maximum atomic E-state index is 10.2. The summed E-state index contributed by atoms with van der Waals surface area (Å²) in [6.45, 7) is 4.95. The molecular weight excluding hydrogens is 104 g/mol. The van der Waals surface area contributed by atoms with E-state index in [1.807, 2.05) is 0 Å². The van der Waals surface area contributed by atoms with Crippen molar-refractivity contribution in [1.82, 2.24) is 0 Å². The molecule has 0 fully saturated rings. The molecule has 0 aromatic heterocycles. The quantitative estimate of drug-likeness (QED) is 0.370. The van der Waals surface area contributed by atoms with E-state index >= 15 is 0 Å². The van der Waals surface area contributed by atoms with Gasteiger partial charge in [0.15, 0.2) is 0 Å². The highest BCUT2D eigenvalue weighted by atomic mass is 16.5. The van der Waals surface area contributed by atoms with Crippen molar-refractivity contribution in [2.24, 2.45) is 0 Å². The molecule has 0 amide bonds. The summed E-state index contributed by atoms with van der Waals surface area (Å²) in [7, 11) is 1.33. The van der Waals surface area contributed by atoms with Crippen LogP contribution in [0.4, 0.5) is 0 Å². The van der Waals surface area contributed by atoms with Gasteiger partial charge in [0.1, 0.15) is 0 Å². The lowest BCUT2D eigenvalue weighted by molar-refractivity contribution is -0.135. The molecule has 0 aliphatic carbocycles. The summed E-state index contributed by atoms with van der Waals surface area (Å²) in [4.78, 5) is 10.2. The first-order chi connectivity index (χ1) is 3.18. The third-order valence-electron chi connectivity index (χ3n) is 0.534. The second kappa shape index (κ2) is 4.37. The summed E-state index contributed by atoms with van der Waals surface area (Å²) >= 11 is 0. The smallest absolute Gasteiger partial charge is 0.332 e. The summed E-state index contributed by atoms with van der Waals surface area (Å²) < 4.78 is 4.27. The van der Waals surface area contributed by atoms with Crippen LogP contribution in [0.15, 0.2) is 12.2 Å². The van der Waals surface area contributed by atoms with Crippen molar-refractivity contribution in [3.63, 3.8) is 0 Å². The molecule has 0 rings (SSSR count). The maximum Gasteiger partial charge on any atom is 0.332 e. The van der Waals surface area contributed by atoms with Crippen LogP contribution in [0.25, 0.3) is 0 Å². The molecule has 4 radical (unpaired) electrons. The van der Waals surface area contributed by atoms with Gasteiger partial charge < -0.3 is 4.74 Å². The van der Waals surface area contributed by atoms with Gasteiger partial charge in [-0.25, -0.2) is 4.79 Å². The molecule has 44 valence electrons. The third-order valence-corrected chi connectivity index (χ3v) is 0.534. The Morgan fingerprint density at radius 2 is 2.00 bits per heavy atom. The third kappa shape index (κ3) is 3.40. The Morgan fingerprint density at radius 3 is 2.00 bits per heavy atom. The van der Waals surface area contributed by atoms with Crippen LogP contribution in [0, 0.1) is 7.43 Å². The average Bonchev–Trinajstić information content (AvgIpc) is 1.65. The average molecular weight is 112 g/mol. The molecule has 0 saturated heterocycles. The first-order valence-electron chi connectivity index (χ1n) is 1.92. The van der Waals surface area contributed by atoms with E-state index in [0.29, 0.717) is 5.57 Å². The fraction of sp³-hybridized carbons (Fsp3) is 0.333. The number of hydrogen-bond acceptors (Lipinski definition) is 2. The van der Waals surface area contributed by atoms with Crippen molar-refractivity contribution in [2.75, 3.05) is 7.11 Å². The van der Waals surface area contributed by atoms with Crippen molar-refractivity contribution in [1.29, 1.82) is 0 Å². The second-order valence-electron chi connectivity index (χ2n) is 1.27. The lowest BCUT2D eigenvalue weighted by Gasteiger charge is -1.91. The lowest BCUT2D eigenvalue weighted by atomic mass is 10.4. The molecule has 2 heteroatoms. The molecule has 0 aromatic rings. The molecule has 0 spiro atoms. The largest absolute Gasteiger partial charge is 0.466 e. The molecule has 0 unspecified atom stereocenters. The van der Waals surface area contributed by atoms with E-state index in [2.05, 4.69) is 11.3 Å². The molecule has 0 aliphatic rings. The van der Waals surface area contributed by atoms with Crippen molar-refractivity contribution in [3.05, 3.63) is 19.6 Å². The normalized spacial score (nSPS) is 6.75. The maximum absolute atomic E-state index is 10.2. The van der Waals surface area contributed by atoms with Crippen molar-refractivity contribution in [3.8, 4) is 0 Å². The predicted molar refractivity (Wildman–Crippen MR) is 30.1 cm³/mol. The number of ether oxygens (including phenoxy) is 1. The zero-order chi connectivity index (χ0) is 5.86. The van der Waals surface area contributed by atoms with Gasteiger partial charge in [0.25, 0.3) is 0 Å². The molecule has 0 aliphatic heterocycles. The summed E-state index contributed by atoms with van der Waals surface area (Å²) in [6.07, 6.45) is 0. The molecule has 0 bridgehead atoms. The Morgan fingerprint density at radius 1 is 1.62 bits per heavy atom. The number of carbonyl (C=O) groups is 1. The van der Waals surface area contributed by atoms with Crippen LogP contribution in [0.5, 0.6) is 0 Å². The van der Waals surface area contributed by atoms with Crippen LogP contribution in [-0.2, 0) is 9.53 Å². The highest BCUT2D eigenvalue weighted by Crippen LogP contribution is 1.87. The van der Waals surface area contributed by atoms with Gasteiger partial charge in [-0.05, 0) is 6.92 Å². The molecule has 0 saturated carbocycles. The van der Waals surface area contributed by atoms with Gasteiger partial charge in [0.2, 0.25) is 0 Å². The van der Waals surface area contributed by atoms with E-state index in [-0.39, 0.29) is 13.4 Å². The van der Waals surface area contributed by atoms with Crippen LogP contribution >= 0.6 is 0 Å². The number of methoxy groups -OCH3 is 1.